The van der Waals surface area contributed by atoms with Crippen LogP contribution in [0.3, 0.4) is 0 Å². The average molecular weight is 475 g/mol. The quantitative estimate of drug-likeness (QED) is 0.177. The van der Waals surface area contributed by atoms with Crippen molar-refractivity contribution < 1.29 is 0 Å². The normalized spacial score (nSPS) is 10.6. The van der Waals surface area contributed by atoms with E-state index in [1.54, 1.807) is 12.3 Å². The lowest BCUT2D eigenvalue weighted by atomic mass is 10.1. The summed E-state index contributed by atoms with van der Waals surface area (Å²) in [4.78, 5) is 10.4. The zero-order chi connectivity index (χ0) is 24.9. The number of rotatable bonds is 7. The van der Waals surface area contributed by atoms with Crippen LogP contribution in [0.15, 0.2) is 109 Å². The number of nitrogens with one attached hydrogen (secondary N) is 2. The molecule has 0 unspecified atom stereocenters. The van der Waals surface area contributed by atoms with Gasteiger partial charge in [-0.1, -0.05) is 36.4 Å². The SMILES string of the molecule is Nc1nccc(N(c2ccc(Nc3ccccc3)c(N)c2)c2ccc(Nc3ccccc3)c(N)c2)n1. The van der Waals surface area contributed by atoms with Crippen LogP contribution in [0.2, 0.25) is 0 Å². The fourth-order valence-corrected chi connectivity index (χ4v) is 3.86. The molecule has 0 radical (unpaired) electrons. The van der Waals surface area contributed by atoms with Gasteiger partial charge in [0.25, 0.3) is 0 Å². The first kappa shape index (κ1) is 22.5. The Morgan fingerprint density at radius 2 is 1.08 bits per heavy atom. The maximum Gasteiger partial charge on any atom is 0.221 e. The van der Waals surface area contributed by atoms with Crippen molar-refractivity contribution in [1.29, 1.82) is 0 Å². The summed E-state index contributed by atoms with van der Waals surface area (Å²) >= 11 is 0. The predicted octanol–water partition coefficient (Wildman–Crippen LogP) is 6.18. The van der Waals surface area contributed by atoms with Gasteiger partial charge in [0.15, 0.2) is 0 Å². The molecule has 5 aromatic rings. The molecule has 1 heterocycles. The van der Waals surface area contributed by atoms with Crippen molar-refractivity contribution in [2.45, 2.75) is 0 Å². The number of hydrogen-bond acceptors (Lipinski definition) is 8. The molecule has 178 valence electrons. The van der Waals surface area contributed by atoms with Crippen LogP contribution in [0.5, 0.6) is 0 Å². The molecule has 1 aromatic heterocycles. The van der Waals surface area contributed by atoms with E-state index in [-0.39, 0.29) is 5.95 Å². The Balaban J connectivity index is 1.51. The number of aromatic nitrogens is 2. The minimum atomic E-state index is 0.170. The monoisotopic (exact) mass is 474 g/mol. The van der Waals surface area contributed by atoms with Gasteiger partial charge in [-0.2, -0.15) is 4.98 Å². The number of nitrogens with zero attached hydrogens (tertiary/aromatic N) is 3. The highest BCUT2D eigenvalue weighted by Crippen LogP contribution is 2.39. The number of hydrogen-bond donors (Lipinski definition) is 5. The van der Waals surface area contributed by atoms with E-state index in [1.165, 1.54) is 0 Å². The molecule has 8 heteroatoms. The van der Waals surface area contributed by atoms with Crippen molar-refractivity contribution in [3.05, 3.63) is 109 Å². The van der Waals surface area contributed by atoms with Crippen LogP contribution in [0.4, 0.5) is 57.3 Å². The summed E-state index contributed by atoms with van der Waals surface area (Å²) in [6.45, 7) is 0. The third kappa shape index (κ3) is 4.97. The standard InChI is InChI=1S/C28H26N8/c29-23-17-21(11-13-25(23)33-19-7-3-1-4-8-19)36(27-15-16-32-28(31)35-27)22-12-14-26(24(30)18-22)34-20-9-5-2-6-10-20/h1-18,33-34H,29-30H2,(H2,31,32,35). The smallest absolute Gasteiger partial charge is 0.221 e. The summed E-state index contributed by atoms with van der Waals surface area (Å²) in [6, 6.07) is 33.1. The summed E-state index contributed by atoms with van der Waals surface area (Å²) in [5.41, 5.74) is 25.1. The van der Waals surface area contributed by atoms with E-state index in [0.717, 1.165) is 34.1 Å². The van der Waals surface area contributed by atoms with E-state index in [0.29, 0.717) is 17.2 Å². The third-order valence-corrected chi connectivity index (χ3v) is 5.58. The van der Waals surface area contributed by atoms with Crippen LogP contribution in [-0.4, -0.2) is 9.97 Å². The van der Waals surface area contributed by atoms with Crippen LogP contribution in [0.1, 0.15) is 0 Å². The zero-order valence-electron chi connectivity index (χ0n) is 19.5. The van der Waals surface area contributed by atoms with E-state index in [1.807, 2.05) is 102 Å². The lowest BCUT2D eigenvalue weighted by molar-refractivity contribution is 1.13. The number of para-hydroxylation sites is 2. The lowest BCUT2D eigenvalue weighted by Gasteiger charge is -2.26. The molecular weight excluding hydrogens is 448 g/mol. The fourth-order valence-electron chi connectivity index (χ4n) is 3.86. The molecule has 0 spiro atoms. The third-order valence-electron chi connectivity index (χ3n) is 5.58. The van der Waals surface area contributed by atoms with Crippen LogP contribution in [-0.2, 0) is 0 Å². The van der Waals surface area contributed by atoms with Crippen LogP contribution >= 0.6 is 0 Å². The highest BCUT2D eigenvalue weighted by atomic mass is 15.2. The molecule has 4 aromatic carbocycles. The minimum absolute atomic E-state index is 0.170. The molecule has 5 rings (SSSR count). The molecule has 0 bridgehead atoms. The van der Waals surface area contributed by atoms with Crippen molar-refractivity contribution in [3.63, 3.8) is 0 Å². The molecule has 8 N–H and O–H groups in total. The van der Waals surface area contributed by atoms with Gasteiger partial charge in [0.05, 0.1) is 22.7 Å². The maximum absolute atomic E-state index is 6.45. The van der Waals surface area contributed by atoms with Crippen molar-refractivity contribution in [3.8, 4) is 0 Å². The van der Waals surface area contributed by atoms with Gasteiger partial charge in [0, 0.05) is 28.9 Å². The van der Waals surface area contributed by atoms with Gasteiger partial charge in [-0.3, -0.25) is 4.90 Å². The lowest BCUT2D eigenvalue weighted by Crippen LogP contribution is -2.14. The molecule has 0 aliphatic heterocycles. The molecule has 0 atom stereocenters. The molecule has 8 nitrogen and oxygen atoms in total. The van der Waals surface area contributed by atoms with Crippen LogP contribution in [0.25, 0.3) is 0 Å². The number of anilines is 10. The summed E-state index contributed by atoms with van der Waals surface area (Å²) in [6.07, 6.45) is 1.62. The van der Waals surface area contributed by atoms with Crippen LogP contribution in [0, 0.1) is 0 Å². The second kappa shape index (κ2) is 9.94. The summed E-state index contributed by atoms with van der Waals surface area (Å²) in [5, 5.41) is 6.70. The van der Waals surface area contributed by atoms with Crippen molar-refractivity contribution in [2.75, 3.05) is 32.7 Å². The zero-order valence-corrected chi connectivity index (χ0v) is 19.5. The van der Waals surface area contributed by atoms with E-state index in [4.69, 9.17) is 17.2 Å². The molecule has 0 aliphatic rings. The average Bonchev–Trinajstić information content (AvgIpc) is 2.89. The molecule has 36 heavy (non-hydrogen) atoms. The van der Waals surface area contributed by atoms with Crippen molar-refractivity contribution in [2.24, 2.45) is 0 Å². The molecule has 0 saturated carbocycles. The van der Waals surface area contributed by atoms with Crippen molar-refractivity contribution in [1.82, 2.24) is 9.97 Å². The Morgan fingerprint density at radius 3 is 1.53 bits per heavy atom. The summed E-state index contributed by atoms with van der Waals surface area (Å²) in [5.74, 6) is 0.761. The number of benzene rings is 4. The Hall–Kier alpha value is -5.24. The minimum Gasteiger partial charge on any atom is -0.397 e. The Morgan fingerprint density at radius 1 is 0.583 bits per heavy atom. The highest BCUT2D eigenvalue weighted by molar-refractivity contribution is 5.85. The van der Waals surface area contributed by atoms with Gasteiger partial charge in [0.2, 0.25) is 5.95 Å². The first-order valence-corrected chi connectivity index (χ1v) is 11.4. The molecule has 0 fully saturated rings. The number of nitrogens with two attached hydrogens (primary N) is 3. The summed E-state index contributed by atoms with van der Waals surface area (Å²) in [7, 11) is 0. The molecule has 0 aliphatic carbocycles. The van der Waals surface area contributed by atoms with Gasteiger partial charge in [-0.15, -0.1) is 0 Å². The maximum atomic E-state index is 6.45. The second-order valence-electron chi connectivity index (χ2n) is 8.13. The van der Waals surface area contributed by atoms with E-state index in [2.05, 4.69) is 20.6 Å². The van der Waals surface area contributed by atoms with Gasteiger partial charge < -0.3 is 27.8 Å². The predicted molar refractivity (Wildman–Crippen MR) is 149 cm³/mol. The number of nitrogen functional groups attached to an aromatic ring is 3. The van der Waals surface area contributed by atoms with E-state index in [9.17, 15) is 0 Å². The first-order valence-electron chi connectivity index (χ1n) is 11.4. The first-order chi connectivity index (χ1) is 17.6. The van der Waals surface area contributed by atoms with Gasteiger partial charge >= 0.3 is 0 Å². The van der Waals surface area contributed by atoms with Crippen LogP contribution < -0.4 is 32.7 Å². The fraction of sp³-hybridized carbons (Fsp3) is 0. The Labute approximate surface area is 209 Å². The van der Waals surface area contributed by atoms with Gasteiger partial charge in [-0.05, 0) is 66.7 Å². The largest absolute Gasteiger partial charge is 0.397 e. The topological polar surface area (TPSA) is 131 Å². The second-order valence-corrected chi connectivity index (χ2v) is 8.13. The molecule has 0 amide bonds. The van der Waals surface area contributed by atoms with Gasteiger partial charge in [0.1, 0.15) is 5.82 Å². The van der Waals surface area contributed by atoms with Gasteiger partial charge in [-0.25, -0.2) is 4.98 Å². The van der Waals surface area contributed by atoms with E-state index >= 15 is 0 Å². The Bertz CT molecular complexity index is 1380. The van der Waals surface area contributed by atoms with Crippen molar-refractivity contribution >= 4 is 57.3 Å². The highest BCUT2D eigenvalue weighted by Gasteiger charge is 2.17. The molecular formula is C28H26N8. The summed E-state index contributed by atoms with van der Waals surface area (Å²) < 4.78 is 0. The van der Waals surface area contributed by atoms with E-state index < -0.39 is 0 Å². The molecule has 0 saturated heterocycles. The Kier molecular flexibility index (Phi) is 6.23.